The second-order valence-corrected chi connectivity index (χ2v) is 5.19. The number of ether oxygens (including phenoxy) is 1. The molecule has 2 rings (SSSR count). The van der Waals surface area contributed by atoms with Crippen LogP contribution in [-0.4, -0.2) is 17.9 Å². The number of nitrogens with one attached hydrogen (secondary N) is 2. The Kier molecular flexibility index (Phi) is 5.70. The largest absolute Gasteiger partial charge is 0.478 e. The molecule has 0 bridgehead atoms. The molecule has 0 saturated carbocycles. The number of carbonyl (C=O) groups is 2. The summed E-state index contributed by atoms with van der Waals surface area (Å²) in [6, 6.07) is 9.01. The molecule has 0 aromatic heterocycles. The number of hydrogen-bond acceptors (Lipinski definition) is 3. The Labute approximate surface area is 141 Å². The van der Waals surface area contributed by atoms with E-state index < -0.39 is 29.6 Å². The molecule has 0 fully saturated rings. The van der Waals surface area contributed by atoms with Crippen LogP contribution < -0.4 is 15.6 Å². The molecular formula is C16H13ClF2N2O3. The lowest BCUT2D eigenvalue weighted by atomic mass is 10.2. The van der Waals surface area contributed by atoms with E-state index in [1.165, 1.54) is 31.2 Å². The SMILES string of the molecule is C[C@H](Oc1ccccc1F)C(=O)NNC(=O)c1cc(Cl)ccc1F. The Morgan fingerprint density at radius 2 is 1.79 bits per heavy atom. The molecule has 0 aliphatic carbocycles. The van der Waals surface area contributed by atoms with Crippen molar-refractivity contribution in [2.24, 2.45) is 0 Å². The molecule has 0 unspecified atom stereocenters. The van der Waals surface area contributed by atoms with Gasteiger partial charge in [-0.2, -0.15) is 0 Å². The van der Waals surface area contributed by atoms with E-state index in [0.717, 1.165) is 12.1 Å². The number of hydrogen-bond donors (Lipinski definition) is 2. The summed E-state index contributed by atoms with van der Waals surface area (Å²) in [6.07, 6.45) is -1.09. The van der Waals surface area contributed by atoms with E-state index in [9.17, 15) is 18.4 Å². The van der Waals surface area contributed by atoms with Crippen LogP contribution in [0.1, 0.15) is 17.3 Å². The highest BCUT2D eigenvalue weighted by Crippen LogP contribution is 2.17. The zero-order valence-electron chi connectivity index (χ0n) is 12.5. The minimum absolute atomic E-state index is 0.104. The zero-order chi connectivity index (χ0) is 17.7. The molecule has 1 atom stereocenters. The highest BCUT2D eigenvalue weighted by Gasteiger charge is 2.18. The Balaban J connectivity index is 1.93. The van der Waals surface area contributed by atoms with Crippen LogP contribution in [0.3, 0.4) is 0 Å². The third kappa shape index (κ3) is 4.42. The van der Waals surface area contributed by atoms with Crippen molar-refractivity contribution in [2.45, 2.75) is 13.0 Å². The summed E-state index contributed by atoms with van der Waals surface area (Å²) in [7, 11) is 0. The van der Waals surface area contributed by atoms with Crippen LogP contribution in [0.4, 0.5) is 8.78 Å². The van der Waals surface area contributed by atoms with Gasteiger partial charge in [0.25, 0.3) is 11.8 Å². The van der Waals surface area contributed by atoms with E-state index >= 15 is 0 Å². The smallest absolute Gasteiger partial charge is 0.279 e. The summed E-state index contributed by atoms with van der Waals surface area (Å²) in [5.74, 6) is -3.15. The van der Waals surface area contributed by atoms with Gasteiger partial charge >= 0.3 is 0 Å². The van der Waals surface area contributed by atoms with E-state index in [1.54, 1.807) is 6.07 Å². The van der Waals surface area contributed by atoms with Gasteiger partial charge in [-0.3, -0.25) is 20.4 Å². The summed E-state index contributed by atoms with van der Waals surface area (Å²) < 4.78 is 32.1. The van der Waals surface area contributed by atoms with Gasteiger partial charge < -0.3 is 4.74 Å². The lowest BCUT2D eigenvalue weighted by Crippen LogP contribution is -2.47. The average Bonchev–Trinajstić information content (AvgIpc) is 2.56. The predicted molar refractivity (Wildman–Crippen MR) is 83.5 cm³/mol. The first-order chi connectivity index (χ1) is 11.4. The topological polar surface area (TPSA) is 67.4 Å². The molecule has 5 nitrogen and oxygen atoms in total. The van der Waals surface area contributed by atoms with Crippen molar-refractivity contribution in [1.29, 1.82) is 0 Å². The van der Waals surface area contributed by atoms with E-state index in [4.69, 9.17) is 16.3 Å². The molecule has 0 heterocycles. The number of halogens is 3. The molecule has 0 spiro atoms. The zero-order valence-corrected chi connectivity index (χ0v) is 13.2. The normalized spacial score (nSPS) is 11.5. The average molecular weight is 355 g/mol. The summed E-state index contributed by atoms with van der Waals surface area (Å²) in [6.45, 7) is 1.37. The molecule has 0 radical (unpaired) electrons. The van der Waals surface area contributed by atoms with Gasteiger partial charge in [0, 0.05) is 5.02 Å². The predicted octanol–water partition coefficient (Wildman–Crippen LogP) is 2.85. The Bertz CT molecular complexity index is 771. The van der Waals surface area contributed by atoms with Crippen LogP contribution in [0.2, 0.25) is 5.02 Å². The lowest BCUT2D eigenvalue weighted by molar-refractivity contribution is -0.128. The van der Waals surface area contributed by atoms with Gasteiger partial charge in [0.15, 0.2) is 17.7 Å². The van der Waals surface area contributed by atoms with Gasteiger partial charge in [-0.15, -0.1) is 0 Å². The fourth-order valence-electron chi connectivity index (χ4n) is 1.74. The van der Waals surface area contributed by atoms with Crippen molar-refractivity contribution in [3.63, 3.8) is 0 Å². The molecular weight excluding hydrogens is 342 g/mol. The standard InChI is InChI=1S/C16H13ClF2N2O3/c1-9(24-14-5-3-2-4-13(14)19)15(22)20-21-16(23)11-8-10(17)6-7-12(11)18/h2-9H,1H3,(H,20,22)(H,21,23)/t9-/m0/s1. The van der Waals surface area contributed by atoms with Crippen molar-refractivity contribution in [1.82, 2.24) is 10.9 Å². The maximum atomic E-state index is 13.5. The Morgan fingerprint density at radius 1 is 1.08 bits per heavy atom. The molecule has 126 valence electrons. The molecule has 2 aromatic carbocycles. The third-order valence-electron chi connectivity index (χ3n) is 2.98. The third-order valence-corrected chi connectivity index (χ3v) is 3.22. The highest BCUT2D eigenvalue weighted by atomic mass is 35.5. The number of para-hydroxylation sites is 1. The first kappa shape index (κ1) is 17.7. The fraction of sp³-hybridized carbons (Fsp3) is 0.125. The van der Waals surface area contributed by atoms with Crippen molar-refractivity contribution in [3.05, 3.63) is 64.7 Å². The number of carbonyl (C=O) groups excluding carboxylic acids is 2. The second-order valence-electron chi connectivity index (χ2n) is 4.76. The molecule has 0 aliphatic heterocycles. The van der Waals surface area contributed by atoms with Gasteiger partial charge in [0.1, 0.15) is 5.82 Å². The molecule has 0 saturated heterocycles. The van der Waals surface area contributed by atoms with Crippen LogP contribution in [0.15, 0.2) is 42.5 Å². The Hall–Kier alpha value is -2.67. The van der Waals surface area contributed by atoms with Crippen molar-refractivity contribution in [2.75, 3.05) is 0 Å². The van der Waals surface area contributed by atoms with Crippen molar-refractivity contribution >= 4 is 23.4 Å². The summed E-state index contributed by atoms with van der Waals surface area (Å²) in [5.41, 5.74) is 3.78. The molecule has 2 aromatic rings. The van der Waals surface area contributed by atoms with E-state index in [-0.39, 0.29) is 16.3 Å². The molecule has 24 heavy (non-hydrogen) atoms. The second kappa shape index (κ2) is 7.74. The summed E-state index contributed by atoms with van der Waals surface area (Å²) in [5, 5.41) is 0.170. The monoisotopic (exact) mass is 354 g/mol. The van der Waals surface area contributed by atoms with Gasteiger partial charge in [-0.1, -0.05) is 23.7 Å². The minimum atomic E-state index is -1.09. The summed E-state index contributed by atoms with van der Waals surface area (Å²) >= 11 is 5.69. The number of hydrazine groups is 1. The van der Waals surface area contributed by atoms with Crippen LogP contribution in [0.5, 0.6) is 5.75 Å². The fourth-order valence-corrected chi connectivity index (χ4v) is 1.92. The number of rotatable bonds is 4. The number of amides is 2. The van der Waals surface area contributed by atoms with Gasteiger partial charge in [-0.25, -0.2) is 8.78 Å². The highest BCUT2D eigenvalue weighted by molar-refractivity contribution is 6.31. The van der Waals surface area contributed by atoms with Crippen LogP contribution in [0, 0.1) is 11.6 Å². The maximum absolute atomic E-state index is 13.5. The van der Waals surface area contributed by atoms with Crippen LogP contribution in [-0.2, 0) is 4.79 Å². The molecule has 8 heteroatoms. The van der Waals surface area contributed by atoms with Crippen LogP contribution in [0.25, 0.3) is 0 Å². The van der Waals surface area contributed by atoms with Crippen molar-refractivity contribution in [3.8, 4) is 5.75 Å². The maximum Gasteiger partial charge on any atom is 0.279 e. The first-order valence-electron chi connectivity index (χ1n) is 6.85. The van der Waals surface area contributed by atoms with Crippen LogP contribution >= 0.6 is 11.6 Å². The van der Waals surface area contributed by atoms with E-state index in [1.807, 2.05) is 5.43 Å². The molecule has 2 amide bonds. The Morgan fingerprint density at radius 3 is 2.50 bits per heavy atom. The van der Waals surface area contributed by atoms with E-state index in [0.29, 0.717) is 0 Å². The minimum Gasteiger partial charge on any atom is -0.478 e. The number of benzene rings is 2. The van der Waals surface area contributed by atoms with Crippen molar-refractivity contribution < 1.29 is 23.1 Å². The van der Waals surface area contributed by atoms with Gasteiger partial charge in [0.05, 0.1) is 5.56 Å². The first-order valence-corrected chi connectivity index (χ1v) is 7.22. The van der Waals surface area contributed by atoms with Gasteiger partial charge in [-0.05, 0) is 37.3 Å². The quantitative estimate of drug-likeness (QED) is 0.830. The molecule has 2 N–H and O–H groups in total. The molecule has 0 aliphatic rings. The lowest BCUT2D eigenvalue weighted by Gasteiger charge is -2.15. The van der Waals surface area contributed by atoms with Gasteiger partial charge in [0.2, 0.25) is 0 Å². The van der Waals surface area contributed by atoms with E-state index in [2.05, 4.69) is 5.43 Å². The summed E-state index contributed by atoms with van der Waals surface area (Å²) in [4.78, 5) is 23.7.